The van der Waals surface area contributed by atoms with E-state index in [1.165, 1.54) is 6.07 Å². The largest absolute Gasteiger partial charge is 0.368 e. The summed E-state index contributed by atoms with van der Waals surface area (Å²) in [7, 11) is 0. The average molecular weight is 344 g/mol. The zero-order valence-electron chi connectivity index (χ0n) is 11.7. The van der Waals surface area contributed by atoms with Gasteiger partial charge in [0.05, 0.1) is 4.92 Å². The molecule has 1 aromatic carbocycles. The molecule has 0 bridgehead atoms. The van der Waals surface area contributed by atoms with Crippen molar-refractivity contribution in [2.75, 3.05) is 18.4 Å². The van der Waals surface area contributed by atoms with Gasteiger partial charge in [0.2, 0.25) is 5.91 Å². The van der Waals surface area contributed by atoms with E-state index in [4.69, 9.17) is 0 Å². The summed E-state index contributed by atoms with van der Waals surface area (Å²) >= 11 is 3.27. The molecular weight excluding hydrogens is 326 g/mol. The molecule has 20 heavy (non-hydrogen) atoms. The van der Waals surface area contributed by atoms with Crippen molar-refractivity contribution in [2.45, 2.75) is 26.8 Å². The Morgan fingerprint density at radius 2 is 2.05 bits per heavy atom. The van der Waals surface area contributed by atoms with Gasteiger partial charge < -0.3 is 10.2 Å². The van der Waals surface area contributed by atoms with Crippen LogP contribution < -0.4 is 5.32 Å². The average Bonchev–Trinajstić information content (AvgIpc) is 2.39. The van der Waals surface area contributed by atoms with Crippen LogP contribution in [0, 0.1) is 10.1 Å². The molecule has 7 heteroatoms. The van der Waals surface area contributed by atoms with Crippen molar-refractivity contribution < 1.29 is 9.72 Å². The van der Waals surface area contributed by atoms with Crippen LogP contribution in [-0.4, -0.2) is 34.9 Å². The standard InChI is InChI=1S/C13H18BrN3O3/c1-4-16(5-2)13(18)9(3)15-11-8-10(14)6-7-12(11)17(19)20/h6-9,15H,4-5H2,1-3H3. The highest BCUT2D eigenvalue weighted by Gasteiger charge is 2.21. The highest BCUT2D eigenvalue weighted by Crippen LogP contribution is 2.28. The molecule has 0 aromatic heterocycles. The van der Waals surface area contributed by atoms with E-state index in [9.17, 15) is 14.9 Å². The number of hydrogen-bond acceptors (Lipinski definition) is 4. The Morgan fingerprint density at radius 3 is 2.55 bits per heavy atom. The summed E-state index contributed by atoms with van der Waals surface area (Å²) in [6.45, 7) is 6.72. The Bertz CT molecular complexity index is 504. The van der Waals surface area contributed by atoms with Crippen LogP contribution in [-0.2, 0) is 4.79 Å². The van der Waals surface area contributed by atoms with E-state index < -0.39 is 11.0 Å². The molecule has 6 nitrogen and oxygen atoms in total. The number of benzene rings is 1. The molecule has 0 saturated carbocycles. The fourth-order valence-corrected chi connectivity index (χ4v) is 2.25. The summed E-state index contributed by atoms with van der Waals surface area (Å²) in [4.78, 5) is 24.4. The quantitative estimate of drug-likeness (QED) is 0.636. The molecule has 0 aliphatic heterocycles. The van der Waals surface area contributed by atoms with Crippen LogP contribution in [0.1, 0.15) is 20.8 Å². The van der Waals surface area contributed by atoms with Gasteiger partial charge in [-0.3, -0.25) is 14.9 Å². The van der Waals surface area contributed by atoms with Crippen molar-refractivity contribution in [3.63, 3.8) is 0 Å². The van der Waals surface area contributed by atoms with Crippen LogP contribution in [0.25, 0.3) is 0 Å². The third-order valence-electron chi connectivity index (χ3n) is 2.97. The molecule has 1 N–H and O–H groups in total. The van der Waals surface area contributed by atoms with Gasteiger partial charge >= 0.3 is 0 Å². The highest BCUT2D eigenvalue weighted by molar-refractivity contribution is 9.10. The van der Waals surface area contributed by atoms with Crippen LogP contribution in [0.15, 0.2) is 22.7 Å². The number of nitro groups is 1. The minimum atomic E-state index is -0.525. The van der Waals surface area contributed by atoms with Crippen molar-refractivity contribution in [1.29, 1.82) is 0 Å². The molecule has 1 rings (SSSR count). The minimum Gasteiger partial charge on any atom is -0.368 e. The Balaban J connectivity index is 2.95. The van der Waals surface area contributed by atoms with Gasteiger partial charge in [0.1, 0.15) is 11.7 Å². The predicted octanol–water partition coefficient (Wildman–Crippen LogP) is 3.03. The Hall–Kier alpha value is -1.63. The first-order valence-corrected chi connectivity index (χ1v) is 7.19. The summed E-state index contributed by atoms with van der Waals surface area (Å²) in [6.07, 6.45) is 0. The predicted molar refractivity (Wildman–Crippen MR) is 81.8 cm³/mol. The summed E-state index contributed by atoms with van der Waals surface area (Å²) in [5.41, 5.74) is 0.282. The molecule has 1 amide bonds. The maximum absolute atomic E-state index is 12.2. The Morgan fingerprint density at radius 1 is 1.45 bits per heavy atom. The molecule has 0 aliphatic carbocycles. The minimum absolute atomic E-state index is 0.0487. The van der Waals surface area contributed by atoms with Gasteiger partial charge in [-0.15, -0.1) is 0 Å². The van der Waals surface area contributed by atoms with Crippen molar-refractivity contribution >= 4 is 33.2 Å². The third kappa shape index (κ3) is 3.93. The topological polar surface area (TPSA) is 75.5 Å². The number of nitro benzene ring substituents is 1. The number of carbonyl (C=O) groups excluding carboxylic acids is 1. The normalized spacial score (nSPS) is 11.8. The lowest BCUT2D eigenvalue weighted by molar-refractivity contribution is -0.384. The van der Waals surface area contributed by atoms with E-state index in [0.717, 1.165) is 0 Å². The molecule has 1 atom stereocenters. The lowest BCUT2D eigenvalue weighted by atomic mass is 10.2. The second kappa shape index (κ2) is 7.23. The summed E-state index contributed by atoms with van der Waals surface area (Å²) in [5, 5.41) is 13.9. The molecule has 0 saturated heterocycles. The lowest BCUT2D eigenvalue weighted by Gasteiger charge is -2.24. The van der Waals surface area contributed by atoms with Crippen molar-refractivity contribution in [3.05, 3.63) is 32.8 Å². The van der Waals surface area contributed by atoms with Crippen molar-refractivity contribution in [3.8, 4) is 0 Å². The molecule has 0 spiro atoms. The first-order valence-electron chi connectivity index (χ1n) is 6.39. The van der Waals surface area contributed by atoms with Gasteiger partial charge in [0.15, 0.2) is 0 Å². The highest BCUT2D eigenvalue weighted by atomic mass is 79.9. The van der Waals surface area contributed by atoms with Crippen LogP contribution in [0.3, 0.4) is 0 Å². The Kier molecular flexibility index (Phi) is 5.94. The summed E-state index contributed by atoms with van der Waals surface area (Å²) in [6, 6.07) is 4.08. The zero-order valence-corrected chi connectivity index (χ0v) is 13.3. The van der Waals surface area contributed by atoms with E-state index in [0.29, 0.717) is 23.2 Å². The van der Waals surface area contributed by atoms with Gasteiger partial charge in [-0.1, -0.05) is 15.9 Å². The van der Waals surface area contributed by atoms with Gasteiger partial charge in [0.25, 0.3) is 5.69 Å². The number of nitrogens with one attached hydrogen (secondary N) is 1. The maximum atomic E-state index is 12.2. The van der Waals surface area contributed by atoms with Crippen molar-refractivity contribution in [1.82, 2.24) is 4.90 Å². The fourth-order valence-electron chi connectivity index (χ4n) is 1.89. The number of rotatable bonds is 6. The van der Waals surface area contributed by atoms with Crippen LogP contribution in [0.4, 0.5) is 11.4 Å². The second-order valence-electron chi connectivity index (χ2n) is 4.30. The maximum Gasteiger partial charge on any atom is 0.292 e. The van der Waals surface area contributed by atoms with E-state index in [-0.39, 0.29) is 11.6 Å². The van der Waals surface area contributed by atoms with Crippen molar-refractivity contribution in [2.24, 2.45) is 0 Å². The fraction of sp³-hybridized carbons (Fsp3) is 0.462. The molecule has 0 aliphatic rings. The monoisotopic (exact) mass is 343 g/mol. The number of amides is 1. The molecular formula is C13H18BrN3O3. The van der Waals surface area contributed by atoms with Gasteiger partial charge in [-0.05, 0) is 32.9 Å². The first-order chi connectivity index (χ1) is 9.40. The SMILES string of the molecule is CCN(CC)C(=O)C(C)Nc1cc(Br)ccc1[N+](=O)[O-]. The molecule has 1 aromatic rings. The number of nitrogens with zero attached hydrogens (tertiary/aromatic N) is 2. The van der Waals surface area contributed by atoms with Crippen LogP contribution >= 0.6 is 15.9 Å². The number of anilines is 1. The molecule has 0 heterocycles. The number of likely N-dealkylation sites (N-methyl/N-ethyl adjacent to an activating group) is 1. The van der Waals surface area contributed by atoms with Crippen LogP contribution in [0.5, 0.6) is 0 Å². The number of carbonyl (C=O) groups is 1. The van der Waals surface area contributed by atoms with E-state index in [2.05, 4.69) is 21.2 Å². The smallest absolute Gasteiger partial charge is 0.292 e. The zero-order chi connectivity index (χ0) is 15.3. The summed E-state index contributed by atoms with van der Waals surface area (Å²) < 4.78 is 0.716. The number of halogens is 1. The molecule has 1 unspecified atom stereocenters. The van der Waals surface area contributed by atoms with Gasteiger partial charge in [0, 0.05) is 23.6 Å². The second-order valence-corrected chi connectivity index (χ2v) is 5.21. The van der Waals surface area contributed by atoms with Crippen LogP contribution in [0.2, 0.25) is 0 Å². The van der Waals surface area contributed by atoms with E-state index in [1.807, 2.05) is 13.8 Å². The van der Waals surface area contributed by atoms with E-state index >= 15 is 0 Å². The third-order valence-corrected chi connectivity index (χ3v) is 3.47. The lowest BCUT2D eigenvalue weighted by Crippen LogP contribution is -2.41. The molecule has 110 valence electrons. The van der Waals surface area contributed by atoms with Gasteiger partial charge in [-0.2, -0.15) is 0 Å². The summed E-state index contributed by atoms with van der Waals surface area (Å²) in [5.74, 6) is -0.0794. The number of hydrogen-bond donors (Lipinski definition) is 1. The first kappa shape index (κ1) is 16.4. The Labute approximate surface area is 126 Å². The van der Waals surface area contributed by atoms with E-state index in [1.54, 1.807) is 24.0 Å². The molecule has 0 radical (unpaired) electrons. The molecule has 0 fully saturated rings. The van der Waals surface area contributed by atoms with Gasteiger partial charge in [-0.25, -0.2) is 0 Å².